The normalized spacial score (nSPS) is 11.1. The molecule has 0 unspecified atom stereocenters. The molecule has 6 heteroatoms. The van der Waals surface area contributed by atoms with Crippen LogP contribution in [0.3, 0.4) is 0 Å². The Morgan fingerprint density at radius 1 is 1.26 bits per heavy atom. The fourth-order valence-electron chi connectivity index (χ4n) is 1.84. The molecule has 5 nitrogen and oxygen atoms in total. The van der Waals surface area contributed by atoms with E-state index in [1.807, 2.05) is 18.3 Å². The predicted octanol–water partition coefficient (Wildman–Crippen LogP) is 3.20. The number of aryl methyl sites for hydroxylation is 2. The first-order valence-corrected chi connectivity index (χ1v) is 6.31. The Hall–Kier alpha value is -2.01. The highest BCUT2D eigenvalue weighted by Gasteiger charge is 2.13. The molecule has 3 aromatic rings. The molecule has 0 atom stereocenters. The Balaban J connectivity index is 2.22. The van der Waals surface area contributed by atoms with E-state index in [-0.39, 0.29) is 0 Å². The minimum absolute atomic E-state index is 0.313. The second-order valence-electron chi connectivity index (χ2n) is 4.22. The first-order valence-electron chi connectivity index (χ1n) is 5.93. The van der Waals surface area contributed by atoms with Gasteiger partial charge in [-0.15, -0.1) is 0 Å². The summed E-state index contributed by atoms with van der Waals surface area (Å²) in [5.41, 5.74) is 2.39. The number of aromatic nitrogens is 4. The third kappa shape index (κ3) is 2.17. The lowest BCUT2D eigenvalue weighted by molar-refractivity contribution is 0.425. The molecule has 0 saturated heterocycles. The molecule has 0 aliphatic rings. The maximum atomic E-state index is 6.14. The first-order chi connectivity index (χ1) is 9.17. The quantitative estimate of drug-likeness (QED) is 0.672. The molecule has 3 rings (SSSR count). The maximum Gasteiger partial charge on any atom is 0.261 e. The van der Waals surface area contributed by atoms with Gasteiger partial charge in [-0.1, -0.05) is 23.7 Å². The zero-order valence-electron chi connectivity index (χ0n) is 10.5. The third-order valence-electron chi connectivity index (χ3n) is 2.84. The molecule has 0 spiro atoms. The number of halogens is 1. The van der Waals surface area contributed by atoms with Gasteiger partial charge in [0.25, 0.3) is 5.89 Å². The summed E-state index contributed by atoms with van der Waals surface area (Å²) in [5, 5.41) is 4.98. The van der Waals surface area contributed by atoms with Gasteiger partial charge >= 0.3 is 0 Å². The summed E-state index contributed by atoms with van der Waals surface area (Å²) < 4.78 is 5.13. The van der Waals surface area contributed by atoms with E-state index in [2.05, 4.69) is 27.0 Å². The van der Waals surface area contributed by atoms with E-state index < -0.39 is 0 Å². The van der Waals surface area contributed by atoms with Crippen LogP contribution in [0.1, 0.15) is 18.3 Å². The van der Waals surface area contributed by atoms with Crippen molar-refractivity contribution in [3.8, 4) is 11.5 Å². The smallest absolute Gasteiger partial charge is 0.261 e. The highest BCUT2D eigenvalue weighted by atomic mass is 35.5. The van der Waals surface area contributed by atoms with Gasteiger partial charge < -0.3 is 4.52 Å². The molecule has 0 N–H and O–H groups in total. The van der Waals surface area contributed by atoms with Gasteiger partial charge in [-0.3, -0.25) is 0 Å². The number of hydrogen-bond acceptors (Lipinski definition) is 5. The van der Waals surface area contributed by atoms with Gasteiger partial charge in [0.05, 0.1) is 5.56 Å². The van der Waals surface area contributed by atoms with Gasteiger partial charge in [-0.05, 0) is 31.0 Å². The first kappa shape index (κ1) is 12.0. The lowest BCUT2D eigenvalue weighted by atomic mass is 10.1. The van der Waals surface area contributed by atoms with Crippen LogP contribution in [0.4, 0.5) is 0 Å². The van der Waals surface area contributed by atoms with Crippen LogP contribution < -0.4 is 0 Å². The van der Waals surface area contributed by atoms with Gasteiger partial charge in [0.2, 0.25) is 0 Å². The monoisotopic (exact) mass is 274 g/mol. The van der Waals surface area contributed by atoms with Crippen molar-refractivity contribution in [2.75, 3.05) is 0 Å². The number of fused-ring (bicyclic) bond motifs is 1. The summed E-state index contributed by atoms with van der Waals surface area (Å²) in [6.07, 6.45) is 2.72. The molecule has 96 valence electrons. The van der Waals surface area contributed by atoms with Crippen molar-refractivity contribution in [2.45, 2.75) is 20.3 Å². The van der Waals surface area contributed by atoms with E-state index >= 15 is 0 Å². The standard InChI is InChI=1S/C13H11ClN4O/c1-3-8-4-9-5-10(13-16-7(2)18-19-13)11(14)17-12(9)15-6-8/h4-6H,3H2,1-2H3. The fraction of sp³-hybridized carbons (Fsp3) is 0.231. The van der Waals surface area contributed by atoms with Crippen molar-refractivity contribution < 1.29 is 4.52 Å². The number of hydrogen-bond donors (Lipinski definition) is 0. The molecule has 0 saturated carbocycles. The number of rotatable bonds is 2. The molecule has 0 radical (unpaired) electrons. The van der Waals surface area contributed by atoms with E-state index in [4.69, 9.17) is 16.1 Å². The molecule has 0 bridgehead atoms. The Labute approximate surface area is 114 Å². The fourth-order valence-corrected chi connectivity index (χ4v) is 2.05. The van der Waals surface area contributed by atoms with Crippen LogP contribution in [0, 0.1) is 6.92 Å². The van der Waals surface area contributed by atoms with Gasteiger partial charge in [0, 0.05) is 11.6 Å². The summed E-state index contributed by atoms with van der Waals surface area (Å²) in [7, 11) is 0. The van der Waals surface area contributed by atoms with Gasteiger partial charge in [0.15, 0.2) is 11.5 Å². The zero-order valence-corrected chi connectivity index (χ0v) is 11.3. The molecular weight excluding hydrogens is 264 g/mol. The van der Waals surface area contributed by atoms with E-state index in [1.54, 1.807) is 6.92 Å². The molecule has 3 heterocycles. The number of pyridine rings is 2. The van der Waals surface area contributed by atoms with Gasteiger partial charge in [-0.2, -0.15) is 4.98 Å². The van der Waals surface area contributed by atoms with E-state index in [0.29, 0.717) is 28.1 Å². The molecule has 19 heavy (non-hydrogen) atoms. The second kappa shape index (κ2) is 4.59. The van der Waals surface area contributed by atoms with Crippen molar-refractivity contribution >= 4 is 22.6 Å². The molecule has 0 aliphatic carbocycles. The average Bonchev–Trinajstić information content (AvgIpc) is 2.84. The summed E-state index contributed by atoms with van der Waals surface area (Å²) in [6.45, 7) is 3.83. The van der Waals surface area contributed by atoms with Crippen LogP contribution in [-0.2, 0) is 6.42 Å². The van der Waals surface area contributed by atoms with E-state index in [1.165, 1.54) is 0 Å². The summed E-state index contributed by atoms with van der Waals surface area (Å²) in [6, 6.07) is 3.92. The molecule has 0 aliphatic heterocycles. The number of nitrogens with zero attached hydrogens (tertiary/aromatic N) is 4. The predicted molar refractivity (Wildman–Crippen MR) is 72.0 cm³/mol. The van der Waals surface area contributed by atoms with Crippen LogP contribution in [0.25, 0.3) is 22.5 Å². The zero-order chi connectivity index (χ0) is 13.4. The van der Waals surface area contributed by atoms with Gasteiger partial charge in [-0.25, -0.2) is 9.97 Å². The highest BCUT2D eigenvalue weighted by molar-refractivity contribution is 6.32. The molecule has 0 fully saturated rings. The summed E-state index contributed by atoms with van der Waals surface area (Å²) in [5.74, 6) is 0.936. The van der Waals surface area contributed by atoms with Crippen LogP contribution in [0.15, 0.2) is 22.9 Å². The average molecular weight is 275 g/mol. The lowest BCUT2D eigenvalue weighted by Gasteiger charge is -2.03. The van der Waals surface area contributed by atoms with Crippen molar-refractivity contribution in [3.05, 3.63) is 34.9 Å². The van der Waals surface area contributed by atoms with Crippen LogP contribution in [-0.4, -0.2) is 20.1 Å². The van der Waals surface area contributed by atoms with Crippen molar-refractivity contribution in [2.24, 2.45) is 0 Å². The Kier molecular flexibility index (Phi) is 2.91. The Bertz CT molecular complexity index is 753. The molecular formula is C13H11ClN4O. The van der Waals surface area contributed by atoms with Crippen molar-refractivity contribution in [1.29, 1.82) is 0 Å². The minimum atomic E-state index is 0.313. The summed E-state index contributed by atoms with van der Waals surface area (Å²) in [4.78, 5) is 12.7. The van der Waals surface area contributed by atoms with Gasteiger partial charge in [0.1, 0.15) is 5.15 Å². The van der Waals surface area contributed by atoms with E-state index in [0.717, 1.165) is 17.4 Å². The Morgan fingerprint density at radius 3 is 2.79 bits per heavy atom. The van der Waals surface area contributed by atoms with Crippen molar-refractivity contribution in [3.63, 3.8) is 0 Å². The van der Waals surface area contributed by atoms with Crippen LogP contribution >= 0.6 is 11.6 Å². The highest BCUT2D eigenvalue weighted by Crippen LogP contribution is 2.28. The molecule has 0 aromatic carbocycles. The molecule has 3 aromatic heterocycles. The Morgan fingerprint density at radius 2 is 2.11 bits per heavy atom. The van der Waals surface area contributed by atoms with E-state index in [9.17, 15) is 0 Å². The maximum absolute atomic E-state index is 6.14. The van der Waals surface area contributed by atoms with Crippen molar-refractivity contribution in [1.82, 2.24) is 20.1 Å². The van der Waals surface area contributed by atoms with Crippen LogP contribution in [0.5, 0.6) is 0 Å². The second-order valence-corrected chi connectivity index (χ2v) is 4.58. The lowest BCUT2D eigenvalue weighted by Crippen LogP contribution is -1.91. The van der Waals surface area contributed by atoms with Crippen LogP contribution in [0.2, 0.25) is 5.15 Å². The SMILES string of the molecule is CCc1cnc2nc(Cl)c(-c3nc(C)no3)cc2c1. The molecule has 0 amide bonds. The summed E-state index contributed by atoms with van der Waals surface area (Å²) >= 11 is 6.14. The third-order valence-corrected chi connectivity index (χ3v) is 3.13. The topological polar surface area (TPSA) is 64.7 Å². The largest absolute Gasteiger partial charge is 0.334 e. The minimum Gasteiger partial charge on any atom is -0.334 e.